The highest BCUT2D eigenvalue weighted by atomic mass is 16.5. The van der Waals surface area contributed by atoms with Crippen molar-refractivity contribution < 1.29 is 23.8 Å². The number of methoxy groups -OCH3 is 2. The van der Waals surface area contributed by atoms with Gasteiger partial charge in [-0.25, -0.2) is 9.59 Å². The fraction of sp³-hybridized carbons (Fsp3) is 0.333. The summed E-state index contributed by atoms with van der Waals surface area (Å²) in [5.41, 5.74) is 0.956. The van der Waals surface area contributed by atoms with Gasteiger partial charge < -0.3 is 14.2 Å². The maximum atomic E-state index is 11.7. The van der Waals surface area contributed by atoms with Gasteiger partial charge in [0.05, 0.1) is 37.9 Å². The molecule has 0 saturated carbocycles. The molecule has 0 aromatic heterocycles. The van der Waals surface area contributed by atoms with E-state index in [0.717, 1.165) is 0 Å². The second-order valence-electron chi connectivity index (χ2n) is 3.35. The van der Waals surface area contributed by atoms with E-state index in [2.05, 4.69) is 9.47 Å². The van der Waals surface area contributed by atoms with Crippen LogP contribution in [0, 0.1) is 0 Å². The van der Waals surface area contributed by atoms with E-state index in [9.17, 15) is 9.59 Å². The minimum Gasteiger partial charge on any atom is -0.473 e. The molecule has 17 heavy (non-hydrogen) atoms. The first-order chi connectivity index (χ1) is 8.11. The van der Waals surface area contributed by atoms with Gasteiger partial charge in [-0.2, -0.15) is 0 Å². The molecule has 0 amide bonds. The van der Waals surface area contributed by atoms with E-state index in [1.54, 1.807) is 13.0 Å². The predicted molar refractivity (Wildman–Crippen MR) is 59.7 cm³/mol. The Morgan fingerprint density at radius 2 is 1.88 bits per heavy atom. The summed E-state index contributed by atoms with van der Waals surface area (Å²) in [4.78, 5) is 23.3. The number of esters is 2. The zero-order valence-electron chi connectivity index (χ0n) is 9.98. The molecule has 1 rings (SSSR count). The smallest absolute Gasteiger partial charge is 0.338 e. The van der Waals surface area contributed by atoms with Gasteiger partial charge in [-0.05, 0) is 18.6 Å². The SMILES string of the molecule is COC(=O)C1=C(C(=O)OC)C(C)=COC=CC1. The molecular weight excluding hydrogens is 224 g/mol. The maximum absolute atomic E-state index is 11.7. The molecule has 1 aliphatic heterocycles. The van der Waals surface area contributed by atoms with Crippen molar-refractivity contribution in [2.75, 3.05) is 14.2 Å². The number of rotatable bonds is 2. The number of hydrogen-bond donors (Lipinski definition) is 0. The van der Waals surface area contributed by atoms with Crippen LogP contribution in [0.15, 0.2) is 35.3 Å². The molecule has 0 N–H and O–H groups in total. The third-order valence-corrected chi connectivity index (χ3v) is 2.26. The van der Waals surface area contributed by atoms with Gasteiger partial charge in [-0.1, -0.05) is 0 Å². The molecule has 0 radical (unpaired) electrons. The van der Waals surface area contributed by atoms with Crippen LogP contribution in [0.3, 0.4) is 0 Å². The molecule has 0 atom stereocenters. The fourth-order valence-corrected chi connectivity index (χ4v) is 1.46. The van der Waals surface area contributed by atoms with Crippen LogP contribution < -0.4 is 0 Å². The van der Waals surface area contributed by atoms with Gasteiger partial charge in [0.25, 0.3) is 0 Å². The van der Waals surface area contributed by atoms with Crippen molar-refractivity contribution in [2.24, 2.45) is 0 Å². The maximum Gasteiger partial charge on any atom is 0.338 e. The van der Waals surface area contributed by atoms with Crippen molar-refractivity contribution in [1.82, 2.24) is 0 Å². The molecule has 0 spiro atoms. The summed E-state index contributed by atoms with van der Waals surface area (Å²) in [7, 11) is 2.52. The summed E-state index contributed by atoms with van der Waals surface area (Å²) in [5.74, 6) is -1.14. The average Bonchev–Trinajstić information content (AvgIpc) is 2.32. The molecule has 1 aliphatic rings. The van der Waals surface area contributed by atoms with Gasteiger partial charge in [0, 0.05) is 6.42 Å². The summed E-state index contributed by atoms with van der Waals surface area (Å²) in [6.45, 7) is 1.66. The summed E-state index contributed by atoms with van der Waals surface area (Å²) in [6, 6.07) is 0. The molecule has 0 aromatic carbocycles. The lowest BCUT2D eigenvalue weighted by Gasteiger charge is -2.13. The Balaban J connectivity index is 3.33. The number of hydrogen-bond acceptors (Lipinski definition) is 5. The van der Waals surface area contributed by atoms with Crippen molar-refractivity contribution >= 4 is 11.9 Å². The van der Waals surface area contributed by atoms with Gasteiger partial charge in [-0.3, -0.25) is 0 Å². The van der Waals surface area contributed by atoms with E-state index < -0.39 is 11.9 Å². The van der Waals surface area contributed by atoms with E-state index in [0.29, 0.717) is 5.57 Å². The minimum absolute atomic E-state index is 0.184. The lowest BCUT2D eigenvalue weighted by molar-refractivity contribution is -0.139. The highest BCUT2D eigenvalue weighted by Gasteiger charge is 2.23. The second kappa shape index (κ2) is 5.89. The van der Waals surface area contributed by atoms with Crippen LogP contribution in [-0.2, 0) is 23.8 Å². The molecule has 0 saturated heterocycles. The van der Waals surface area contributed by atoms with Crippen molar-refractivity contribution in [3.8, 4) is 0 Å². The molecule has 0 bridgehead atoms. The van der Waals surface area contributed by atoms with E-state index in [4.69, 9.17) is 4.74 Å². The Hall–Kier alpha value is -2.04. The van der Waals surface area contributed by atoms with Crippen LogP contribution in [0.1, 0.15) is 13.3 Å². The van der Waals surface area contributed by atoms with Crippen molar-refractivity contribution in [1.29, 1.82) is 0 Å². The van der Waals surface area contributed by atoms with Crippen molar-refractivity contribution in [3.63, 3.8) is 0 Å². The van der Waals surface area contributed by atoms with Gasteiger partial charge in [0.1, 0.15) is 0 Å². The van der Waals surface area contributed by atoms with Crippen LogP contribution in [0.4, 0.5) is 0 Å². The molecule has 92 valence electrons. The number of carbonyl (C=O) groups is 2. The topological polar surface area (TPSA) is 61.8 Å². The summed E-state index contributed by atoms with van der Waals surface area (Å²) in [5, 5.41) is 0. The molecular formula is C12H14O5. The predicted octanol–water partition coefficient (Wildman–Crippen LogP) is 1.47. The number of ether oxygens (including phenoxy) is 3. The highest BCUT2D eigenvalue weighted by molar-refractivity contribution is 6.03. The average molecular weight is 238 g/mol. The summed E-state index contributed by atoms with van der Waals surface area (Å²) in [6.07, 6.45) is 4.70. The molecule has 1 heterocycles. The Bertz CT molecular complexity index is 415. The summed E-state index contributed by atoms with van der Waals surface area (Å²) >= 11 is 0. The molecule has 0 unspecified atom stereocenters. The zero-order valence-corrected chi connectivity index (χ0v) is 9.98. The quantitative estimate of drug-likeness (QED) is 0.682. The largest absolute Gasteiger partial charge is 0.473 e. The van der Waals surface area contributed by atoms with Crippen LogP contribution >= 0.6 is 0 Å². The minimum atomic E-state index is -0.585. The van der Waals surface area contributed by atoms with E-state index in [1.165, 1.54) is 26.7 Å². The van der Waals surface area contributed by atoms with Gasteiger partial charge >= 0.3 is 11.9 Å². The monoisotopic (exact) mass is 238 g/mol. The Labute approximate surface area is 99.3 Å². The van der Waals surface area contributed by atoms with Gasteiger partial charge in [0.15, 0.2) is 0 Å². The Morgan fingerprint density at radius 1 is 1.24 bits per heavy atom. The van der Waals surface area contributed by atoms with Crippen molar-refractivity contribution in [3.05, 3.63) is 35.3 Å². The first kappa shape index (κ1) is 13.0. The number of allylic oxidation sites excluding steroid dienone is 1. The third kappa shape index (κ3) is 2.96. The van der Waals surface area contributed by atoms with E-state index in [-0.39, 0.29) is 17.6 Å². The van der Waals surface area contributed by atoms with Crippen LogP contribution in [0.5, 0.6) is 0 Å². The van der Waals surface area contributed by atoms with Gasteiger partial charge in [0.2, 0.25) is 0 Å². The molecule has 0 aromatic rings. The normalized spacial score (nSPS) is 15.4. The van der Waals surface area contributed by atoms with E-state index in [1.807, 2.05) is 0 Å². The lowest BCUT2D eigenvalue weighted by Crippen LogP contribution is -2.16. The Morgan fingerprint density at radius 3 is 2.47 bits per heavy atom. The zero-order chi connectivity index (χ0) is 12.8. The lowest BCUT2D eigenvalue weighted by atomic mass is 9.99. The Kier molecular flexibility index (Phi) is 4.51. The standard InChI is InChI=1S/C12H14O5/c1-8-7-17-6-4-5-9(11(13)15-2)10(8)12(14)16-3/h4,6-7H,5H2,1-3H3. The van der Waals surface area contributed by atoms with Crippen molar-refractivity contribution in [2.45, 2.75) is 13.3 Å². The van der Waals surface area contributed by atoms with Crippen LogP contribution in [0.2, 0.25) is 0 Å². The van der Waals surface area contributed by atoms with Gasteiger partial charge in [-0.15, -0.1) is 0 Å². The molecule has 5 nitrogen and oxygen atoms in total. The second-order valence-corrected chi connectivity index (χ2v) is 3.35. The fourth-order valence-electron chi connectivity index (χ4n) is 1.46. The first-order valence-corrected chi connectivity index (χ1v) is 4.99. The molecule has 0 aliphatic carbocycles. The van der Waals surface area contributed by atoms with E-state index >= 15 is 0 Å². The van der Waals surface area contributed by atoms with Crippen LogP contribution in [-0.4, -0.2) is 26.2 Å². The molecule has 5 heteroatoms. The highest BCUT2D eigenvalue weighted by Crippen LogP contribution is 2.22. The van der Waals surface area contributed by atoms with Crippen LogP contribution in [0.25, 0.3) is 0 Å². The summed E-state index contributed by atoms with van der Waals surface area (Å²) < 4.78 is 14.3. The molecule has 0 fully saturated rings. The third-order valence-electron chi connectivity index (χ3n) is 2.26. The first-order valence-electron chi connectivity index (χ1n) is 4.99. The number of carbonyl (C=O) groups excluding carboxylic acids is 2.